The molecule has 1 atom stereocenters. The van der Waals surface area contributed by atoms with Crippen molar-refractivity contribution >= 4 is 29.6 Å². The summed E-state index contributed by atoms with van der Waals surface area (Å²) in [5.41, 5.74) is 1.83. The summed E-state index contributed by atoms with van der Waals surface area (Å²) in [6, 6.07) is 15.6. The molecule has 7 nitrogen and oxygen atoms in total. The number of imide groups is 2. The van der Waals surface area contributed by atoms with Crippen LogP contribution in [0.15, 0.2) is 72.4 Å². The molecule has 0 spiro atoms. The highest BCUT2D eigenvalue weighted by molar-refractivity contribution is 6.39. The summed E-state index contributed by atoms with van der Waals surface area (Å²) in [5, 5.41) is 2.17. The van der Waals surface area contributed by atoms with Gasteiger partial charge >= 0.3 is 6.03 Å². The molecule has 1 saturated heterocycles. The predicted molar refractivity (Wildman–Crippen MR) is 130 cm³/mol. The summed E-state index contributed by atoms with van der Waals surface area (Å²) in [5.74, 6) is -0.815. The average molecular weight is 476 g/mol. The first-order valence-corrected chi connectivity index (χ1v) is 11.4. The topological polar surface area (TPSA) is 80.6 Å². The van der Waals surface area contributed by atoms with E-state index in [4.69, 9.17) is 4.74 Å². The molecule has 1 fully saturated rings. The van der Waals surface area contributed by atoms with Gasteiger partial charge in [-0.2, -0.15) is 0 Å². The minimum atomic E-state index is -0.883. The van der Waals surface area contributed by atoms with Crippen molar-refractivity contribution in [2.45, 2.75) is 32.7 Å². The minimum Gasteiger partial charge on any atom is -0.492 e. The zero-order valence-corrected chi connectivity index (χ0v) is 19.5. The first-order valence-electron chi connectivity index (χ1n) is 11.4. The largest absolute Gasteiger partial charge is 0.492 e. The number of nitrogens with one attached hydrogen (secondary N) is 1. The number of nitrogens with zero attached hydrogens (tertiary/aromatic N) is 2. The van der Waals surface area contributed by atoms with Crippen LogP contribution in [0.25, 0.3) is 6.08 Å². The summed E-state index contributed by atoms with van der Waals surface area (Å²) in [6.45, 7) is 5.20. The molecule has 1 aliphatic heterocycles. The van der Waals surface area contributed by atoms with E-state index in [1.165, 1.54) is 23.8 Å². The lowest BCUT2D eigenvalue weighted by molar-refractivity contribution is -0.122. The van der Waals surface area contributed by atoms with Crippen molar-refractivity contribution in [3.8, 4) is 5.75 Å². The Morgan fingerprint density at radius 2 is 1.74 bits per heavy atom. The Hall–Kier alpha value is -4.20. The number of ether oxygens (including phenoxy) is 1. The van der Waals surface area contributed by atoms with Crippen LogP contribution >= 0.6 is 0 Å². The maximum absolute atomic E-state index is 13.3. The lowest BCUT2D eigenvalue weighted by atomic mass is 9.99. The van der Waals surface area contributed by atoms with Gasteiger partial charge in [0.05, 0.1) is 12.2 Å². The summed E-state index contributed by atoms with van der Waals surface area (Å²) in [4.78, 5) is 38.6. The van der Waals surface area contributed by atoms with Gasteiger partial charge in [0, 0.05) is 11.9 Å². The van der Waals surface area contributed by atoms with E-state index < -0.39 is 23.7 Å². The minimum absolute atomic E-state index is 0.162. The van der Waals surface area contributed by atoms with Crippen LogP contribution in [0.1, 0.15) is 37.4 Å². The van der Waals surface area contributed by atoms with Gasteiger partial charge in [-0.25, -0.2) is 14.1 Å². The molecule has 1 N–H and O–H groups in total. The van der Waals surface area contributed by atoms with Crippen LogP contribution in [0.4, 0.5) is 14.9 Å². The Morgan fingerprint density at radius 3 is 2.43 bits per heavy atom. The van der Waals surface area contributed by atoms with Crippen LogP contribution in [-0.4, -0.2) is 29.0 Å². The molecule has 3 aromatic rings. The van der Waals surface area contributed by atoms with E-state index >= 15 is 0 Å². The highest BCUT2D eigenvalue weighted by Crippen LogP contribution is 2.23. The third kappa shape index (κ3) is 5.32. The molecule has 1 unspecified atom stereocenters. The first kappa shape index (κ1) is 23.9. The van der Waals surface area contributed by atoms with E-state index in [9.17, 15) is 18.8 Å². The SMILES string of the molecule is CCC(C)c1ccc(OCCn2cccc2/C=C2/C(=O)NC(=O)N(c3ccc(F)cc3)C2=O)cc1. The Labute approximate surface area is 202 Å². The maximum Gasteiger partial charge on any atom is 0.335 e. The predicted octanol–water partition coefficient (Wildman–Crippen LogP) is 4.89. The van der Waals surface area contributed by atoms with E-state index in [1.807, 2.05) is 22.9 Å². The number of halogens is 1. The molecule has 35 heavy (non-hydrogen) atoms. The molecule has 0 saturated carbocycles. The van der Waals surface area contributed by atoms with E-state index in [0.29, 0.717) is 24.8 Å². The normalized spacial score (nSPS) is 15.9. The highest BCUT2D eigenvalue weighted by Gasteiger charge is 2.37. The van der Waals surface area contributed by atoms with Crippen molar-refractivity contribution in [1.29, 1.82) is 0 Å². The van der Waals surface area contributed by atoms with Crippen molar-refractivity contribution in [2.24, 2.45) is 0 Å². The second-order valence-corrected chi connectivity index (χ2v) is 8.29. The van der Waals surface area contributed by atoms with Crippen LogP contribution in [0.5, 0.6) is 5.75 Å². The number of urea groups is 1. The van der Waals surface area contributed by atoms with E-state index in [-0.39, 0.29) is 11.3 Å². The number of hydrogen-bond donors (Lipinski definition) is 1. The Bertz CT molecular complexity index is 1260. The number of benzene rings is 2. The molecule has 4 amide bonds. The van der Waals surface area contributed by atoms with Crippen LogP contribution in [-0.2, 0) is 16.1 Å². The number of anilines is 1. The van der Waals surface area contributed by atoms with E-state index in [0.717, 1.165) is 29.2 Å². The summed E-state index contributed by atoms with van der Waals surface area (Å²) in [6.07, 6.45) is 4.32. The highest BCUT2D eigenvalue weighted by atomic mass is 19.1. The molecule has 1 aliphatic rings. The average Bonchev–Trinajstić information content (AvgIpc) is 3.29. The fraction of sp³-hybridized carbons (Fsp3) is 0.222. The zero-order valence-electron chi connectivity index (χ0n) is 19.5. The summed E-state index contributed by atoms with van der Waals surface area (Å²) < 4.78 is 21.0. The van der Waals surface area contributed by atoms with Gasteiger partial charge < -0.3 is 9.30 Å². The maximum atomic E-state index is 13.3. The number of aromatic nitrogens is 1. The Morgan fingerprint density at radius 1 is 1.03 bits per heavy atom. The van der Waals surface area contributed by atoms with Gasteiger partial charge in [0.25, 0.3) is 11.8 Å². The molecule has 2 heterocycles. The third-order valence-electron chi connectivity index (χ3n) is 6.01. The van der Waals surface area contributed by atoms with Crippen LogP contribution in [0, 0.1) is 5.82 Å². The van der Waals surface area contributed by atoms with Gasteiger partial charge in [0.1, 0.15) is 23.7 Å². The van der Waals surface area contributed by atoms with Gasteiger partial charge in [-0.1, -0.05) is 26.0 Å². The molecular weight excluding hydrogens is 449 g/mol. The van der Waals surface area contributed by atoms with Crippen LogP contribution in [0.3, 0.4) is 0 Å². The third-order valence-corrected chi connectivity index (χ3v) is 6.01. The lowest BCUT2D eigenvalue weighted by Gasteiger charge is -2.26. The number of carbonyl (C=O) groups is 3. The number of carbonyl (C=O) groups excluding carboxylic acids is 3. The molecule has 0 radical (unpaired) electrons. The fourth-order valence-corrected chi connectivity index (χ4v) is 3.78. The smallest absolute Gasteiger partial charge is 0.335 e. The van der Waals surface area contributed by atoms with Crippen molar-refractivity contribution in [3.63, 3.8) is 0 Å². The van der Waals surface area contributed by atoms with Crippen molar-refractivity contribution < 1.29 is 23.5 Å². The quantitative estimate of drug-likeness (QED) is 0.372. The molecule has 8 heteroatoms. The number of rotatable bonds is 8. The van der Waals surface area contributed by atoms with Crippen molar-refractivity contribution in [1.82, 2.24) is 9.88 Å². The van der Waals surface area contributed by atoms with Crippen molar-refractivity contribution in [3.05, 3.63) is 89.5 Å². The number of hydrogen-bond acceptors (Lipinski definition) is 4. The number of amides is 4. The second kappa shape index (κ2) is 10.4. The molecule has 4 rings (SSSR count). The lowest BCUT2D eigenvalue weighted by Crippen LogP contribution is -2.54. The molecule has 1 aromatic heterocycles. The second-order valence-electron chi connectivity index (χ2n) is 8.29. The Kier molecular flexibility index (Phi) is 7.10. The first-order chi connectivity index (χ1) is 16.9. The number of barbiturate groups is 1. The molecular formula is C27H26FN3O4. The van der Waals surface area contributed by atoms with E-state index in [1.54, 1.807) is 12.1 Å². The van der Waals surface area contributed by atoms with Gasteiger partial charge in [-0.05, 0) is 72.5 Å². The standard InChI is InChI=1S/C27H26FN3O4/c1-3-18(2)19-6-12-23(13-7-19)35-16-15-30-14-4-5-22(30)17-24-25(32)29-27(34)31(26(24)33)21-10-8-20(28)9-11-21/h4-14,17-18H,3,15-16H2,1-2H3,(H,29,32,34)/b24-17-. The summed E-state index contributed by atoms with van der Waals surface area (Å²) >= 11 is 0. The Balaban J connectivity index is 1.47. The van der Waals surface area contributed by atoms with Crippen LogP contribution < -0.4 is 15.0 Å². The van der Waals surface area contributed by atoms with Gasteiger partial charge in [0.2, 0.25) is 0 Å². The molecule has 180 valence electrons. The molecule has 2 aromatic carbocycles. The van der Waals surface area contributed by atoms with Gasteiger partial charge in [-0.15, -0.1) is 0 Å². The van der Waals surface area contributed by atoms with E-state index in [2.05, 4.69) is 31.3 Å². The summed E-state index contributed by atoms with van der Waals surface area (Å²) in [7, 11) is 0. The van der Waals surface area contributed by atoms with Gasteiger partial charge in [0.15, 0.2) is 0 Å². The zero-order chi connectivity index (χ0) is 24.9. The van der Waals surface area contributed by atoms with Gasteiger partial charge in [-0.3, -0.25) is 14.9 Å². The fourth-order valence-electron chi connectivity index (χ4n) is 3.78. The van der Waals surface area contributed by atoms with Crippen LogP contribution in [0.2, 0.25) is 0 Å². The molecule has 0 bridgehead atoms. The van der Waals surface area contributed by atoms with Crippen molar-refractivity contribution in [2.75, 3.05) is 11.5 Å². The monoisotopic (exact) mass is 475 g/mol. The molecule has 0 aliphatic carbocycles.